The number of carbonyl (C=O) groups is 1. The highest BCUT2D eigenvalue weighted by Crippen LogP contribution is 2.26. The number of hydrogen-bond acceptors (Lipinski definition) is 4. The maximum atomic E-state index is 12.6. The number of benzene rings is 1. The van der Waals surface area contributed by atoms with Crippen molar-refractivity contribution in [3.8, 4) is 6.19 Å². The predicted molar refractivity (Wildman–Crippen MR) is 107 cm³/mol. The smallest absolute Gasteiger partial charge is 0.253 e. The van der Waals surface area contributed by atoms with Crippen LogP contribution in [0.5, 0.6) is 0 Å². The molecule has 3 N–H and O–H groups in total. The van der Waals surface area contributed by atoms with Gasteiger partial charge in [0.2, 0.25) is 5.96 Å². The average molecular weight is 405 g/mol. The molecular weight excluding hydrogens is 387 g/mol. The second-order valence-corrected chi connectivity index (χ2v) is 7.49. The van der Waals surface area contributed by atoms with Crippen LogP contribution in [0, 0.1) is 18.4 Å². The van der Waals surface area contributed by atoms with Gasteiger partial charge in [0.05, 0.1) is 11.9 Å². The predicted octanol–water partition coefficient (Wildman–Crippen LogP) is 3.18. The summed E-state index contributed by atoms with van der Waals surface area (Å²) >= 11 is 12.4. The van der Waals surface area contributed by atoms with E-state index in [1.807, 2.05) is 19.1 Å². The Hall–Kier alpha value is -2.82. The summed E-state index contributed by atoms with van der Waals surface area (Å²) in [6, 6.07) is 10.6. The maximum Gasteiger partial charge on any atom is 0.253 e. The summed E-state index contributed by atoms with van der Waals surface area (Å²) < 4.78 is -1.43. The molecular formula is C18H18Cl2N6O. The molecule has 1 aromatic carbocycles. The van der Waals surface area contributed by atoms with Crippen molar-refractivity contribution in [1.82, 2.24) is 15.6 Å². The zero-order chi connectivity index (χ0) is 19.9. The number of amides is 1. The third-order valence-electron chi connectivity index (χ3n) is 3.49. The van der Waals surface area contributed by atoms with Crippen LogP contribution < -0.4 is 16.0 Å². The van der Waals surface area contributed by atoms with Gasteiger partial charge in [0.1, 0.15) is 0 Å². The summed E-state index contributed by atoms with van der Waals surface area (Å²) in [4.78, 5) is 20.9. The Morgan fingerprint density at radius 1 is 1.30 bits per heavy atom. The lowest BCUT2D eigenvalue weighted by Gasteiger charge is -2.25. The molecule has 1 unspecified atom stereocenters. The van der Waals surface area contributed by atoms with E-state index in [4.69, 9.17) is 28.5 Å². The fourth-order valence-electron chi connectivity index (χ4n) is 2.15. The fourth-order valence-corrected chi connectivity index (χ4v) is 2.36. The topological polar surface area (TPSA) is 102 Å². The number of alkyl halides is 2. The highest BCUT2D eigenvalue weighted by Gasteiger charge is 2.32. The molecule has 1 atom stereocenters. The van der Waals surface area contributed by atoms with Crippen molar-refractivity contribution in [2.45, 2.75) is 24.3 Å². The van der Waals surface area contributed by atoms with Gasteiger partial charge in [-0.25, -0.2) is 4.99 Å². The molecule has 9 heteroatoms. The third kappa shape index (κ3) is 6.13. The number of guanidine groups is 1. The highest BCUT2D eigenvalue weighted by molar-refractivity contribution is 6.48. The number of hydrogen-bond donors (Lipinski definition) is 3. The maximum absolute atomic E-state index is 12.6. The Morgan fingerprint density at radius 2 is 2.04 bits per heavy atom. The number of nitrogens with zero attached hydrogens (tertiary/aromatic N) is 3. The van der Waals surface area contributed by atoms with Gasteiger partial charge in [0.15, 0.2) is 16.7 Å². The molecule has 0 aliphatic rings. The highest BCUT2D eigenvalue weighted by atomic mass is 35.5. The number of pyridine rings is 1. The van der Waals surface area contributed by atoms with E-state index < -0.39 is 10.5 Å². The monoisotopic (exact) mass is 404 g/mol. The first kappa shape index (κ1) is 20.5. The van der Waals surface area contributed by atoms with Gasteiger partial charge in [-0.15, -0.1) is 0 Å². The molecule has 27 heavy (non-hydrogen) atoms. The van der Waals surface area contributed by atoms with Crippen molar-refractivity contribution in [2.75, 3.05) is 5.32 Å². The van der Waals surface area contributed by atoms with Gasteiger partial charge in [0, 0.05) is 11.8 Å². The Bertz CT molecular complexity index is 858. The molecule has 0 radical (unpaired) electrons. The number of rotatable bonds is 5. The van der Waals surface area contributed by atoms with Crippen LogP contribution in [-0.4, -0.2) is 27.3 Å². The molecule has 140 valence electrons. The fraction of sp³-hybridized carbons (Fsp3) is 0.222. The second kappa shape index (κ2) is 9.21. The summed E-state index contributed by atoms with van der Waals surface area (Å²) in [6.45, 7) is 3.32. The second-order valence-electron chi connectivity index (χ2n) is 5.73. The lowest BCUT2D eigenvalue weighted by Crippen LogP contribution is -2.46. The van der Waals surface area contributed by atoms with Crippen molar-refractivity contribution in [3.63, 3.8) is 0 Å². The van der Waals surface area contributed by atoms with E-state index in [2.05, 4.69) is 25.9 Å². The van der Waals surface area contributed by atoms with E-state index in [1.165, 1.54) is 6.92 Å². The van der Waals surface area contributed by atoms with Crippen LogP contribution in [0.25, 0.3) is 0 Å². The molecule has 2 aromatic rings. The Balaban J connectivity index is 2.28. The first-order valence-corrected chi connectivity index (χ1v) is 8.71. The quantitative estimate of drug-likeness (QED) is 0.233. The number of aromatic nitrogens is 1. The minimum absolute atomic E-state index is 0.0631. The van der Waals surface area contributed by atoms with Crippen LogP contribution in [0.2, 0.25) is 0 Å². The van der Waals surface area contributed by atoms with E-state index in [0.717, 1.165) is 5.56 Å². The standard InChI is InChI=1S/C18H18Cl2N6O/c1-12-6-3-4-8-14(12)15(27)25-16(18(2,19)20)26-17(23-11-21)24-13-7-5-9-22-10-13/h3-10,16H,1-2H3,(H,25,27)(H2,23,24,26). The number of nitrogens with one attached hydrogen (secondary N) is 3. The van der Waals surface area contributed by atoms with E-state index in [-0.39, 0.29) is 11.9 Å². The number of anilines is 1. The Kier molecular flexibility index (Phi) is 6.99. The average Bonchev–Trinajstić information content (AvgIpc) is 2.61. The van der Waals surface area contributed by atoms with Crippen molar-refractivity contribution in [3.05, 3.63) is 59.9 Å². The Labute approximate surface area is 167 Å². The van der Waals surface area contributed by atoms with Crippen molar-refractivity contribution in [1.29, 1.82) is 5.26 Å². The number of aliphatic imine (C=N–C) groups is 1. The van der Waals surface area contributed by atoms with Crippen LogP contribution in [0.15, 0.2) is 53.8 Å². The van der Waals surface area contributed by atoms with Crippen molar-refractivity contribution >= 4 is 40.8 Å². The van der Waals surface area contributed by atoms with Gasteiger partial charge >= 0.3 is 0 Å². The molecule has 1 heterocycles. The Morgan fingerprint density at radius 3 is 2.63 bits per heavy atom. The first-order chi connectivity index (χ1) is 12.8. The molecule has 0 spiro atoms. The number of halogens is 2. The molecule has 0 saturated heterocycles. The molecule has 0 saturated carbocycles. The summed E-state index contributed by atoms with van der Waals surface area (Å²) in [6.07, 6.45) is 3.90. The summed E-state index contributed by atoms with van der Waals surface area (Å²) in [5.41, 5.74) is 1.87. The SMILES string of the molecule is Cc1ccccc1C(=O)NC(N=C(NC#N)Nc1cccnc1)C(C)(Cl)Cl. The van der Waals surface area contributed by atoms with Crippen molar-refractivity contribution in [2.24, 2.45) is 4.99 Å². The molecule has 0 bridgehead atoms. The van der Waals surface area contributed by atoms with Crippen LogP contribution in [0.3, 0.4) is 0 Å². The van der Waals surface area contributed by atoms with Gasteiger partial charge in [-0.3, -0.25) is 15.1 Å². The molecule has 1 aromatic heterocycles. The minimum atomic E-state index is -1.43. The lowest BCUT2D eigenvalue weighted by atomic mass is 10.1. The van der Waals surface area contributed by atoms with E-state index >= 15 is 0 Å². The molecule has 2 rings (SSSR count). The molecule has 0 fully saturated rings. The van der Waals surface area contributed by atoms with E-state index in [9.17, 15) is 4.79 Å². The number of carbonyl (C=O) groups excluding carboxylic acids is 1. The summed E-state index contributed by atoms with van der Waals surface area (Å²) in [5, 5.41) is 17.0. The van der Waals surface area contributed by atoms with Gasteiger partial charge in [0.25, 0.3) is 5.91 Å². The first-order valence-electron chi connectivity index (χ1n) is 7.95. The lowest BCUT2D eigenvalue weighted by molar-refractivity contribution is 0.0935. The molecule has 0 aliphatic carbocycles. The van der Waals surface area contributed by atoms with Gasteiger partial charge in [-0.1, -0.05) is 41.4 Å². The zero-order valence-electron chi connectivity index (χ0n) is 14.7. The van der Waals surface area contributed by atoms with Gasteiger partial charge < -0.3 is 10.6 Å². The van der Waals surface area contributed by atoms with Gasteiger partial charge in [-0.2, -0.15) is 5.26 Å². The van der Waals surface area contributed by atoms with E-state index in [1.54, 1.807) is 42.9 Å². The number of aryl methyl sites for hydroxylation is 1. The van der Waals surface area contributed by atoms with Crippen LogP contribution >= 0.6 is 23.2 Å². The van der Waals surface area contributed by atoms with Crippen molar-refractivity contribution < 1.29 is 4.79 Å². The third-order valence-corrected chi connectivity index (χ3v) is 3.91. The van der Waals surface area contributed by atoms with E-state index in [0.29, 0.717) is 11.3 Å². The van der Waals surface area contributed by atoms with Crippen LogP contribution in [0.4, 0.5) is 5.69 Å². The normalized spacial score (nSPS) is 12.6. The van der Waals surface area contributed by atoms with Crippen LogP contribution in [-0.2, 0) is 0 Å². The van der Waals surface area contributed by atoms with Crippen LogP contribution in [0.1, 0.15) is 22.8 Å². The summed E-state index contributed by atoms with van der Waals surface area (Å²) in [7, 11) is 0. The van der Waals surface area contributed by atoms with Gasteiger partial charge in [-0.05, 0) is 37.6 Å². The molecule has 7 nitrogen and oxygen atoms in total. The largest absolute Gasteiger partial charge is 0.328 e. The summed E-state index contributed by atoms with van der Waals surface area (Å²) in [5.74, 6) is -0.319. The zero-order valence-corrected chi connectivity index (χ0v) is 16.2. The molecule has 0 aliphatic heterocycles. The number of nitriles is 1. The minimum Gasteiger partial charge on any atom is -0.328 e. The molecule has 1 amide bonds.